The first kappa shape index (κ1) is 22.9. The molecule has 0 aliphatic carbocycles. The van der Waals surface area contributed by atoms with E-state index in [1.807, 2.05) is 13.8 Å². The summed E-state index contributed by atoms with van der Waals surface area (Å²) < 4.78 is 5.86. The minimum Gasteiger partial charge on any atom is -0.388 e. The van der Waals surface area contributed by atoms with Gasteiger partial charge in [-0.2, -0.15) is 0 Å². The van der Waals surface area contributed by atoms with Crippen LogP contribution < -0.4 is 10.6 Å². The number of ether oxygens (including phenoxy) is 1. The molecule has 0 spiro atoms. The number of rotatable bonds is 8. The molecule has 0 radical (unpaired) electrons. The smallest absolute Gasteiger partial charge is 0.237 e. The molecule has 158 valence electrons. The average molecular weight is 405 g/mol. The zero-order chi connectivity index (χ0) is 20.3. The van der Waals surface area contributed by atoms with Gasteiger partial charge in [0, 0.05) is 6.54 Å². The molecule has 0 aromatic heterocycles. The van der Waals surface area contributed by atoms with Gasteiger partial charge in [-0.1, -0.05) is 34.1 Å². The van der Waals surface area contributed by atoms with Crippen LogP contribution >= 0.6 is 11.8 Å². The van der Waals surface area contributed by atoms with Gasteiger partial charge in [0.1, 0.15) is 29.9 Å². The Morgan fingerprint density at radius 3 is 2.33 bits per heavy atom. The molecule has 27 heavy (non-hydrogen) atoms. The third kappa shape index (κ3) is 5.36. The maximum absolute atomic E-state index is 12.8. The van der Waals surface area contributed by atoms with Crippen LogP contribution in [0.2, 0.25) is 0 Å². The fraction of sp³-hybridized carbons (Fsp3) is 0.947. The van der Waals surface area contributed by atoms with Crippen molar-refractivity contribution in [3.63, 3.8) is 0 Å². The molecule has 0 aromatic carbocycles. The summed E-state index contributed by atoms with van der Waals surface area (Å²) in [6.45, 7) is 9.09. The summed E-state index contributed by atoms with van der Waals surface area (Å²) in [5.41, 5.74) is -0.646. The zero-order valence-electron chi connectivity index (χ0n) is 17.0. The Bertz CT molecular complexity index is 491. The molecule has 0 aromatic rings. The van der Waals surface area contributed by atoms with Gasteiger partial charge in [0.05, 0.1) is 12.1 Å². The fourth-order valence-corrected chi connectivity index (χ4v) is 4.45. The molecule has 8 heteroatoms. The second-order valence-electron chi connectivity index (χ2n) is 8.57. The Labute approximate surface area is 166 Å². The highest BCUT2D eigenvalue weighted by molar-refractivity contribution is 7.99. The van der Waals surface area contributed by atoms with E-state index >= 15 is 0 Å². The van der Waals surface area contributed by atoms with Gasteiger partial charge in [0.15, 0.2) is 0 Å². The van der Waals surface area contributed by atoms with Gasteiger partial charge in [-0.15, -0.1) is 11.8 Å². The van der Waals surface area contributed by atoms with Crippen molar-refractivity contribution < 1.29 is 24.9 Å². The van der Waals surface area contributed by atoms with Crippen molar-refractivity contribution in [2.75, 3.05) is 12.8 Å². The van der Waals surface area contributed by atoms with Crippen molar-refractivity contribution in [2.45, 2.75) is 82.5 Å². The van der Waals surface area contributed by atoms with Gasteiger partial charge in [-0.05, 0) is 30.4 Å². The highest BCUT2D eigenvalue weighted by atomic mass is 32.2. The maximum Gasteiger partial charge on any atom is 0.237 e. The fourth-order valence-electron chi connectivity index (χ4n) is 3.77. The molecule has 2 saturated heterocycles. The summed E-state index contributed by atoms with van der Waals surface area (Å²) in [5, 5.41) is 36.9. The molecule has 2 aliphatic rings. The van der Waals surface area contributed by atoms with E-state index in [-0.39, 0.29) is 17.9 Å². The summed E-state index contributed by atoms with van der Waals surface area (Å²) in [5.74, 6) is 0.835. The van der Waals surface area contributed by atoms with Gasteiger partial charge in [0.25, 0.3) is 0 Å². The van der Waals surface area contributed by atoms with Crippen molar-refractivity contribution in [3.8, 4) is 0 Å². The van der Waals surface area contributed by atoms with E-state index in [4.69, 9.17) is 4.74 Å². The van der Waals surface area contributed by atoms with Gasteiger partial charge >= 0.3 is 0 Å². The number of thioether (sulfide) groups is 1. The molecule has 7 nitrogen and oxygen atoms in total. The molecular weight excluding hydrogens is 368 g/mol. The van der Waals surface area contributed by atoms with E-state index in [1.165, 1.54) is 11.8 Å². The molecule has 0 bridgehead atoms. The lowest BCUT2D eigenvalue weighted by molar-refractivity contribution is -0.208. The lowest BCUT2D eigenvalue weighted by atomic mass is 9.84. The van der Waals surface area contributed by atoms with Crippen LogP contribution in [-0.2, 0) is 9.53 Å². The highest BCUT2D eigenvalue weighted by Crippen LogP contribution is 2.31. The number of hydrogen-bond donors (Lipinski definition) is 5. The SMILES string of the molecule is CSC1OC(C(NC(=O)C2NCC2CCC(C)C)C(C)C)C(O)C(O)C1O. The number of aliphatic hydroxyl groups is 3. The Hall–Kier alpha value is -0.380. The topological polar surface area (TPSA) is 111 Å². The number of amides is 1. The molecule has 8 atom stereocenters. The lowest BCUT2D eigenvalue weighted by Gasteiger charge is -2.45. The first-order chi connectivity index (χ1) is 12.7. The standard InChI is InChI=1S/C19H36N2O5S/c1-9(2)6-7-11-8-20-13(11)18(25)21-12(10(3)4)17-15(23)14(22)16(24)19(26-17)27-5/h9-17,19-20,22-24H,6-8H2,1-5H3,(H,21,25). The van der Waals surface area contributed by atoms with Crippen LogP contribution in [0.25, 0.3) is 0 Å². The summed E-state index contributed by atoms with van der Waals surface area (Å²) in [6.07, 6.45) is -0.634. The van der Waals surface area contributed by atoms with E-state index < -0.39 is 35.9 Å². The van der Waals surface area contributed by atoms with Crippen LogP contribution in [0.5, 0.6) is 0 Å². The Balaban J connectivity index is 2.03. The third-order valence-electron chi connectivity index (χ3n) is 5.69. The minimum atomic E-state index is -1.31. The van der Waals surface area contributed by atoms with Crippen LogP contribution in [0.15, 0.2) is 0 Å². The predicted octanol–water partition coefficient (Wildman–Crippen LogP) is 0.322. The van der Waals surface area contributed by atoms with Crippen LogP contribution in [0.4, 0.5) is 0 Å². The molecule has 5 N–H and O–H groups in total. The van der Waals surface area contributed by atoms with Crippen molar-refractivity contribution >= 4 is 17.7 Å². The van der Waals surface area contributed by atoms with E-state index in [0.29, 0.717) is 11.8 Å². The average Bonchev–Trinajstić information content (AvgIpc) is 2.57. The molecule has 2 fully saturated rings. The first-order valence-corrected chi connectivity index (χ1v) is 11.2. The van der Waals surface area contributed by atoms with E-state index in [2.05, 4.69) is 24.5 Å². The zero-order valence-corrected chi connectivity index (χ0v) is 17.8. The van der Waals surface area contributed by atoms with Gasteiger partial charge in [-0.3, -0.25) is 4.79 Å². The number of carbonyl (C=O) groups is 1. The quantitative estimate of drug-likeness (QED) is 0.396. The number of nitrogens with one attached hydrogen (secondary N) is 2. The Morgan fingerprint density at radius 1 is 1.19 bits per heavy atom. The lowest BCUT2D eigenvalue weighted by Crippen LogP contribution is -2.67. The molecule has 8 unspecified atom stereocenters. The molecule has 2 aliphatic heterocycles. The number of aliphatic hydroxyl groups excluding tert-OH is 3. The second-order valence-corrected chi connectivity index (χ2v) is 9.51. The molecule has 2 rings (SSSR count). The van der Waals surface area contributed by atoms with E-state index in [0.717, 1.165) is 19.4 Å². The highest BCUT2D eigenvalue weighted by Gasteiger charge is 2.48. The number of hydrogen-bond acceptors (Lipinski definition) is 7. The van der Waals surface area contributed by atoms with Crippen molar-refractivity contribution in [1.82, 2.24) is 10.6 Å². The predicted molar refractivity (Wildman–Crippen MR) is 106 cm³/mol. The molecule has 0 saturated carbocycles. The maximum atomic E-state index is 12.8. The summed E-state index contributed by atoms with van der Waals surface area (Å²) in [4.78, 5) is 12.8. The summed E-state index contributed by atoms with van der Waals surface area (Å²) in [6, 6.07) is -0.685. The summed E-state index contributed by atoms with van der Waals surface area (Å²) >= 11 is 1.27. The number of carbonyl (C=O) groups excluding carboxylic acids is 1. The molecular formula is C19H36N2O5S. The Morgan fingerprint density at radius 2 is 1.85 bits per heavy atom. The third-order valence-corrected chi connectivity index (χ3v) is 6.54. The van der Waals surface area contributed by atoms with E-state index in [9.17, 15) is 20.1 Å². The van der Waals surface area contributed by atoms with Crippen LogP contribution in [0.3, 0.4) is 0 Å². The van der Waals surface area contributed by atoms with Crippen molar-refractivity contribution in [3.05, 3.63) is 0 Å². The normalized spacial score (nSPS) is 37.9. The van der Waals surface area contributed by atoms with Crippen molar-refractivity contribution in [2.24, 2.45) is 17.8 Å². The van der Waals surface area contributed by atoms with Crippen LogP contribution in [0.1, 0.15) is 40.5 Å². The van der Waals surface area contributed by atoms with Gasteiger partial charge < -0.3 is 30.7 Å². The van der Waals surface area contributed by atoms with Crippen molar-refractivity contribution in [1.29, 1.82) is 0 Å². The molecule has 2 heterocycles. The van der Waals surface area contributed by atoms with Crippen LogP contribution in [0, 0.1) is 17.8 Å². The monoisotopic (exact) mass is 404 g/mol. The first-order valence-electron chi connectivity index (χ1n) is 9.93. The van der Waals surface area contributed by atoms with Gasteiger partial charge in [-0.25, -0.2) is 0 Å². The van der Waals surface area contributed by atoms with Crippen LogP contribution in [-0.4, -0.2) is 76.0 Å². The largest absolute Gasteiger partial charge is 0.388 e. The Kier molecular flexibility index (Phi) is 8.39. The van der Waals surface area contributed by atoms with E-state index in [1.54, 1.807) is 6.26 Å². The molecule has 1 amide bonds. The second kappa shape index (κ2) is 9.89. The van der Waals surface area contributed by atoms with Gasteiger partial charge in [0.2, 0.25) is 5.91 Å². The minimum absolute atomic E-state index is 0.00672. The summed E-state index contributed by atoms with van der Waals surface area (Å²) in [7, 11) is 0.